The van der Waals surface area contributed by atoms with Crippen LogP contribution in [0, 0.1) is 0 Å². The minimum Gasteiger partial charge on any atom is -0.497 e. The molecule has 2 rings (SSSR count). The van der Waals surface area contributed by atoms with Crippen LogP contribution in [-0.2, 0) is 0 Å². The zero-order valence-corrected chi connectivity index (χ0v) is 14.0. The number of rotatable bonds is 7. The number of para-hydroxylation sites is 1. The number of methoxy groups -OCH3 is 1. The van der Waals surface area contributed by atoms with Gasteiger partial charge in [-0.2, -0.15) is 0 Å². The fourth-order valence-corrected chi connectivity index (χ4v) is 3.46. The number of hydrogen-bond donors (Lipinski definition) is 0. The van der Waals surface area contributed by atoms with Crippen molar-refractivity contribution < 1.29 is 4.74 Å². The van der Waals surface area contributed by atoms with Gasteiger partial charge in [0.25, 0.3) is 0 Å². The molecule has 0 saturated carbocycles. The first-order valence-corrected chi connectivity index (χ1v) is 8.80. The molecule has 2 aromatic carbocycles. The molecule has 0 atom stereocenters. The second kappa shape index (κ2) is 8.18. The van der Waals surface area contributed by atoms with Crippen LogP contribution in [0.1, 0.15) is 19.8 Å². The van der Waals surface area contributed by atoms with Gasteiger partial charge in [-0.15, -0.1) is 11.8 Å². The van der Waals surface area contributed by atoms with E-state index in [1.54, 1.807) is 7.11 Å². The van der Waals surface area contributed by atoms with Gasteiger partial charge in [0, 0.05) is 4.90 Å². The maximum Gasteiger partial charge on any atom is 0.215 e. The third-order valence-electron chi connectivity index (χ3n) is 3.88. The molecule has 21 heavy (non-hydrogen) atoms. The lowest BCUT2D eigenvalue weighted by atomic mass is 9.38. The van der Waals surface area contributed by atoms with E-state index < -0.39 is 0 Å². The van der Waals surface area contributed by atoms with E-state index in [-0.39, 0.29) is 0 Å². The van der Waals surface area contributed by atoms with Crippen LogP contribution in [-0.4, -0.2) is 20.1 Å². The van der Waals surface area contributed by atoms with Crippen molar-refractivity contribution in [3.05, 3.63) is 48.5 Å². The standard InChI is InChI=1S/C18H23BOS/c1-4-5-14-19(15-10-6-8-12-17(15)20-2)16-11-7-9-13-18(16)21-3/h6-13H,4-5,14H2,1-3H3. The molecule has 0 spiro atoms. The highest BCUT2D eigenvalue weighted by atomic mass is 32.2. The molecule has 0 bridgehead atoms. The van der Waals surface area contributed by atoms with Gasteiger partial charge in [-0.3, -0.25) is 0 Å². The van der Waals surface area contributed by atoms with Crippen LogP contribution in [0.15, 0.2) is 53.4 Å². The summed E-state index contributed by atoms with van der Waals surface area (Å²) < 4.78 is 5.59. The lowest BCUT2D eigenvalue weighted by Gasteiger charge is -2.19. The van der Waals surface area contributed by atoms with Crippen LogP contribution in [0.2, 0.25) is 6.32 Å². The second-order valence-corrected chi connectivity index (χ2v) is 6.03. The molecule has 3 heteroatoms. The minimum absolute atomic E-state index is 0.407. The fourth-order valence-electron chi connectivity index (χ4n) is 2.80. The van der Waals surface area contributed by atoms with Crippen molar-refractivity contribution in [1.29, 1.82) is 0 Å². The van der Waals surface area contributed by atoms with Gasteiger partial charge >= 0.3 is 0 Å². The van der Waals surface area contributed by atoms with Crippen molar-refractivity contribution in [3.63, 3.8) is 0 Å². The molecule has 2 aromatic rings. The highest BCUT2D eigenvalue weighted by Gasteiger charge is 2.23. The van der Waals surface area contributed by atoms with Crippen LogP contribution < -0.4 is 15.7 Å². The second-order valence-electron chi connectivity index (χ2n) is 5.18. The summed E-state index contributed by atoms with van der Waals surface area (Å²) >= 11 is 1.82. The molecule has 1 nitrogen and oxygen atoms in total. The number of thioether (sulfide) groups is 1. The number of benzene rings is 2. The first-order chi connectivity index (χ1) is 10.3. The smallest absolute Gasteiger partial charge is 0.215 e. The van der Waals surface area contributed by atoms with Crippen LogP contribution >= 0.6 is 11.8 Å². The van der Waals surface area contributed by atoms with Gasteiger partial charge in [0.2, 0.25) is 6.71 Å². The lowest BCUT2D eigenvalue weighted by molar-refractivity contribution is 0.418. The van der Waals surface area contributed by atoms with Gasteiger partial charge < -0.3 is 4.74 Å². The number of ether oxygens (including phenoxy) is 1. The zero-order chi connectivity index (χ0) is 15.1. The van der Waals surface area contributed by atoms with E-state index in [0.717, 1.165) is 12.1 Å². The Balaban J connectivity index is 2.47. The molecule has 0 radical (unpaired) electrons. The van der Waals surface area contributed by atoms with Gasteiger partial charge in [-0.1, -0.05) is 67.9 Å². The summed E-state index contributed by atoms with van der Waals surface area (Å²) in [6.45, 7) is 2.66. The summed E-state index contributed by atoms with van der Waals surface area (Å²) in [4.78, 5) is 1.37. The molecule has 0 aliphatic heterocycles. The molecular formula is C18H23BOS. The number of unbranched alkanes of at least 4 members (excludes halogenated alkanes) is 1. The maximum atomic E-state index is 5.59. The van der Waals surface area contributed by atoms with Gasteiger partial charge in [0.15, 0.2) is 0 Å². The largest absolute Gasteiger partial charge is 0.497 e. The normalized spacial score (nSPS) is 10.4. The summed E-state index contributed by atoms with van der Waals surface area (Å²) in [6.07, 6.45) is 5.75. The van der Waals surface area contributed by atoms with Gasteiger partial charge in [-0.05, 0) is 23.9 Å². The molecule has 0 unspecified atom stereocenters. The van der Waals surface area contributed by atoms with E-state index >= 15 is 0 Å². The highest BCUT2D eigenvalue weighted by molar-refractivity contribution is 7.98. The Morgan fingerprint density at radius 1 is 1.00 bits per heavy atom. The first-order valence-electron chi connectivity index (χ1n) is 7.57. The van der Waals surface area contributed by atoms with Gasteiger partial charge in [-0.25, -0.2) is 0 Å². The Bertz CT molecular complexity index is 523. The number of hydrogen-bond acceptors (Lipinski definition) is 2. The summed E-state index contributed by atoms with van der Waals surface area (Å²) in [5.74, 6) is 0.995. The summed E-state index contributed by atoms with van der Waals surface area (Å²) in [5, 5.41) is 0. The molecule has 110 valence electrons. The predicted molar refractivity (Wildman–Crippen MR) is 96.0 cm³/mol. The quantitative estimate of drug-likeness (QED) is 0.567. The van der Waals surface area contributed by atoms with Crippen LogP contribution in [0.5, 0.6) is 5.75 Å². The summed E-state index contributed by atoms with van der Waals surface area (Å²) in [7, 11) is 1.76. The van der Waals surface area contributed by atoms with Crippen molar-refractivity contribution in [2.75, 3.05) is 13.4 Å². The summed E-state index contributed by atoms with van der Waals surface area (Å²) in [6, 6.07) is 17.2. The van der Waals surface area contributed by atoms with E-state index in [1.165, 1.54) is 28.7 Å². The van der Waals surface area contributed by atoms with Crippen molar-refractivity contribution in [2.45, 2.75) is 31.0 Å². The Kier molecular flexibility index (Phi) is 6.25. The Hall–Kier alpha value is -1.35. The molecular weight excluding hydrogens is 275 g/mol. The first kappa shape index (κ1) is 16.0. The monoisotopic (exact) mass is 298 g/mol. The van der Waals surface area contributed by atoms with Crippen LogP contribution in [0.25, 0.3) is 0 Å². The summed E-state index contributed by atoms with van der Waals surface area (Å²) in [5.41, 5.74) is 2.72. The Morgan fingerprint density at radius 2 is 1.67 bits per heavy atom. The van der Waals surface area contributed by atoms with E-state index in [0.29, 0.717) is 6.71 Å². The zero-order valence-electron chi connectivity index (χ0n) is 13.1. The minimum atomic E-state index is 0.407. The third kappa shape index (κ3) is 3.85. The van der Waals surface area contributed by atoms with E-state index in [2.05, 4.69) is 55.6 Å². The third-order valence-corrected chi connectivity index (χ3v) is 4.69. The molecule has 0 aromatic heterocycles. The molecule has 0 heterocycles. The van der Waals surface area contributed by atoms with Crippen molar-refractivity contribution in [2.24, 2.45) is 0 Å². The van der Waals surface area contributed by atoms with E-state index in [1.807, 2.05) is 17.8 Å². The fraction of sp³-hybridized carbons (Fsp3) is 0.333. The highest BCUT2D eigenvalue weighted by Crippen LogP contribution is 2.17. The van der Waals surface area contributed by atoms with Crippen LogP contribution in [0.4, 0.5) is 0 Å². The molecule has 0 aliphatic carbocycles. The van der Waals surface area contributed by atoms with E-state index in [9.17, 15) is 0 Å². The van der Waals surface area contributed by atoms with Crippen molar-refractivity contribution in [1.82, 2.24) is 0 Å². The predicted octanol–water partition coefficient (Wildman–Crippen LogP) is 3.83. The average molecular weight is 298 g/mol. The average Bonchev–Trinajstić information content (AvgIpc) is 2.56. The topological polar surface area (TPSA) is 9.23 Å². The van der Waals surface area contributed by atoms with Gasteiger partial charge in [0.05, 0.1) is 7.11 Å². The Labute approximate surface area is 133 Å². The van der Waals surface area contributed by atoms with Crippen LogP contribution in [0.3, 0.4) is 0 Å². The lowest BCUT2D eigenvalue weighted by Crippen LogP contribution is -2.43. The molecule has 0 fully saturated rings. The van der Waals surface area contributed by atoms with Crippen molar-refractivity contribution in [3.8, 4) is 5.75 Å². The molecule has 0 aliphatic rings. The van der Waals surface area contributed by atoms with E-state index in [4.69, 9.17) is 4.74 Å². The SMILES string of the molecule is CCCCB(c1ccccc1OC)c1ccccc1SC. The molecule has 0 N–H and O–H groups in total. The maximum absolute atomic E-state index is 5.59. The molecule has 0 saturated heterocycles. The Morgan fingerprint density at radius 3 is 2.33 bits per heavy atom. The van der Waals surface area contributed by atoms with Crippen molar-refractivity contribution >= 4 is 29.4 Å². The molecule has 0 amide bonds. The van der Waals surface area contributed by atoms with Gasteiger partial charge in [0.1, 0.15) is 5.75 Å².